The Hall–Kier alpha value is -3.21. The molecule has 0 aromatic heterocycles. The van der Waals surface area contributed by atoms with E-state index < -0.39 is 6.10 Å². The van der Waals surface area contributed by atoms with Crippen LogP contribution in [0.5, 0.6) is 23.0 Å². The lowest BCUT2D eigenvalue weighted by atomic mass is 9.94. The molecule has 0 amide bonds. The second-order valence-corrected chi connectivity index (χ2v) is 8.03. The quantitative estimate of drug-likeness (QED) is 0.530. The molecule has 0 unspecified atom stereocenters. The Labute approximate surface area is 177 Å². The van der Waals surface area contributed by atoms with Gasteiger partial charge >= 0.3 is 0 Å². The number of ketones is 1. The van der Waals surface area contributed by atoms with E-state index in [1.807, 2.05) is 6.07 Å². The molecule has 3 rings (SSSR count). The predicted octanol–water partition coefficient (Wildman–Crippen LogP) is 5.75. The molecule has 0 bridgehead atoms. The van der Waals surface area contributed by atoms with Crippen molar-refractivity contribution in [3.8, 4) is 23.0 Å². The number of aromatic hydroxyl groups is 3. The monoisotopic (exact) mass is 408 g/mol. The summed E-state index contributed by atoms with van der Waals surface area (Å²) in [7, 11) is 0. The lowest BCUT2D eigenvalue weighted by molar-refractivity contribution is 0.0845. The number of carbonyl (C=O) groups is 1. The van der Waals surface area contributed by atoms with E-state index in [1.54, 1.807) is 12.1 Å². The first kappa shape index (κ1) is 21.5. The molecular weight excluding hydrogens is 380 g/mol. The first-order chi connectivity index (χ1) is 14.2. The molecule has 0 saturated heterocycles. The summed E-state index contributed by atoms with van der Waals surface area (Å²) in [4.78, 5) is 12.5. The highest BCUT2D eigenvalue weighted by molar-refractivity contribution is 6.02. The SMILES string of the molecule is CC(C)=CCC/C(C)=C/Cc1cc([C@H]2CC(=O)c3c(O)cc(O)cc3O2)ccc1O. The molecule has 0 saturated carbocycles. The van der Waals surface area contributed by atoms with E-state index in [-0.39, 0.29) is 40.8 Å². The van der Waals surface area contributed by atoms with Crippen LogP contribution in [0.3, 0.4) is 0 Å². The van der Waals surface area contributed by atoms with Crippen molar-refractivity contribution in [2.45, 2.75) is 52.6 Å². The van der Waals surface area contributed by atoms with Gasteiger partial charge in [0.15, 0.2) is 5.78 Å². The van der Waals surface area contributed by atoms with Crippen LogP contribution in [-0.2, 0) is 6.42 Å². The molecule has 1 heterocycles. The van der Waals surface area contributed by atoms with Crippen LogP contribution in [0.2, 0.25) is 0 Å². The van der Waals surface area contributed by atoms with Crippen LogP contribution in [-0.4, -0.2) is 21.1 Å². The molecule has 1 atom stereocenters. The Kier molecular flexibility index (Phi) is 6.50. The molecule has 1 aliphatic heterocycles. The minimum Gasteiger partial charge on any atom is -0.508 e. The van der Waals surface area contributed by atoms with Crippen molar-refractivity contribution < 1.29 is 24.9 Å². The molecule has 30 heavy (non-hydrogen) atoms. The summed E-state index contributed by atoms with van der Waals surface area (Å²) in [6.07, 6.45) is 6.39. The van der Waals surface area contributed by atoms with Crippen molar-refractivity contribution in [1.82, 2.24) is 0 Å². The van der Waals surface area contributed by atoms with Crippen molar-refractivity contribution >= 4 is 5.78 Å². The Morgan fingerprint density at radius 1 is 1.07 bits per heavy atom. The Bertz CT molecular complexity index is 1010. The van der Waals surface area contributed by atoms with E-state index in [2.05, 4.69) is 32.9 Å². The van der Waals surface area contributed by atoms with E-state index in [0.717, 1.165) is 30.0 Å². The Morgan fingerprint density at radius 3 is 2.57 bits per heavy atom. The van der Waals surface area contributed by atoms with Gasteiger partial charge in [-0.2, -0.15) is 0 Å². The average Bonchev–Trinajstić information content (AvgIpc) is 2.66. The summed E-state index contributed by atoms with van der Waals surface area (Å²) in [5.41, 5.74) is 4.17. The summed E-state index contributed by atoms with van der Waals surface area (Å²) >= 11 is 0. The largest absolute Gasteiger partial charge is 0.508 e. The van der Waals surface area contributed by atoms with Crippen LogP contribution in [0, 0.1) is 0 Å². The number of fused-ring (bicyclic) bond motifs is 1. The normalized spacial score (nSPS) is 16.0. The molecule has 0 spiro atoms. The number of ether oxygens (including phenoxy) is 1. The average molecular weight is 408 g/mol. The number of hydrogen-bond acceptors (Lipinski definition) is 5. The van der Waals surface area contributed by atoms with E-state index >= 15 is 0 Å². The van der Waals surface area contributed by atoms with Gasteiger partial charge in [0, 0.05) is 12.1 Å². The fraction of sp³-hybridized carbons (Fsp3) is 0.320. The molecular formula is C25H28O5. The zero-order valence-electron chi connectivity index (χ0n) is 17.6. The zero-order chi connectivity index (χ0) is 21.8. The fourth-order valence-corrected chi connectivity index (χ4v) is 3.56. The third kappa shape index (κ3) is 5.03. The Morgan fingerprint density at radius 2 is 1.83 bits per heavy atom. The molecule has 158 valence electrons. The second-order valence-electron chi connectivity index (χ2n) is 8.03. The van der Waals surface area contributed by atoms with Gasteiger partial charge in [0.25, 0.3) is 0 Å². The van der Waals surface area contributed by atoms with Crippen molar-refractivity contribution in [3.63, 3.8) is 0 Å². The number of benzene rings is 2. The van der Waals surface area contributed by atoms with Gasteiger partial charge < -0.3 is 20.1 Å². The van der Waals surface area contributed by atoms with Crippen molar-refractivity contribution in [1.29, 1.82) is 0 Å². The van der Waals surface area contributed by atoms with Crippen molar-refractivity contribution in [3.05, 3.63) is 70.3 Å². The lowest BCUT2D eigenvalue weighted by Crippen LogP contribution is -2.20. The van der Waals surface area contributed by atoms with Gasteiger partial charge in [-0.15, -0.1) is 0 Å². The summed E-state index contributed by atoms with van der Waals surface area (Å²) in [6, 6.07) is 7.65. The van der Waals surface area contributed by atoms with E-state index in [4.69, 9.17) is 4.74 Å². The number of carbonyl (C=O) groups excluding carboxylic acids is 1. The summed E-state index contributed by atoms with van der Waals surface area (Å²) in [5.74, 6) is -0.333. The van der Waals surface area contributed by atoms with Crippen LogP contribution in [0.4, 0.5) is 0 Å². The molecule has 5 heteroatoms. The summed E-state index contributed by atoms with van der Waals surface area (Å²) < 4.78 is 5.90. The first-order valence-electron chi connectivity index (χ1n) is 10.1. The van der Waals surface area contributed by atoms with E-state index in [1.165, 1.54) is 17.2 Å². The van der Waals surface area contributed by atoms with Gasteiger partial charge in [0.05, 0.1) is 6.42 Å². The lowest BCUT2D eigenvalue weighted by Gasteiger charge is -2.26. The number of Topliss-reactive ketones (excluding diaryl/α,β-unsaturated/α-hetero) is 1. The topological polar surface area (TPSA) is 87.0 Å². The van der Waals surface area contributed by atoms with Crippen LogP contribution < -0.4 is 4.74 Å². The Balaban J connectivity index is 1.78. The van der Waals surface area contributed by atoms with Crippen LogP contribution in [0.1, 0.15) is 67.6 Å². The molecule has 2 aromatic rings. The number of phenolic OH excluding ortho intramolecular Hbond substituents is 3. The molecule has 3 N–H and O–H groups in total. The fourth-order valence-electron chi connectivity index (χ4n) is 3.56. The molecule has 2 aromatic carbocycles. The van der Waals surface area contributed by atoms with Gasteiger partial charge in [-0.3, -0.25) is 4.79 Å². The molecule has 5 nitrogen and oxygen atoms in total. The smallest absolute Gasteiger partial charge is 0.174 e. The molecule has 0 radical (unpaired) electrons. The minimum atomic E-state index is -0.548. The zero-order valence-corrected chi connectivity index (χ0v) is 17.6. The van der Waals surface area contributed by atoms with Crippen LogP contribution in [0.25, 0.3) is 0 Å². The maximum Gasteiger partial charge on any atom is 0.174 e. The molecule has 0 fully saturated rings. The van der Waals surface area contributed by atoms with E-state index in [0.29, 0.717) is 6.42 Å². The minimum absolute atomic E-state index is 0.0765. The summed E-state index contributed by atoms with van der Waals surface area (Å²) in [5, 5.41) is 29.9. The van der Waals surface area contributed by atoms with Crippen LogP contribution in [0.15, 0.2) is 53.6 Å². The number of phenols is 3. The van der Waals surface area contributed by atoms with Gasteiger partial charge in [-0.1, -0.05) is 29.4 Å². The van der Waals surface area contributed by atoms with Gasteiger partial charge in [-0.05, 0) is 63.3 Å². The maximum atomic E-state index is 12.5. The standard InChI is InChI=1S/C25H28O5/c1-15(2)5-4-6-16(3)7-8-17-11-18(9-10-20(17)27)23-14-22(29)25-21(28)12-19(26)13-24(25)30-23/h5,7,9-13,23,26-28H,4,6,8,14H2,1-3H3/b16-7+/t23-/m1/s1. The van der Waals surface area contributed by atoms with Gasteiger partial charge in [0.1, 0.15) is 34.7 Å². The molecule has 0 aliphatic carbocycles. The number of hydrogen-bond donors (Lipinski definition) is 3. The third-order valence-electron chi connectivity index (χ3n) is 5.22. The maximum absolute atomic E-state index is 12.5. The molecule has 1 aliphatic rings. The highest BCUT2D eigenvalue weighted by Crippen LogP contribution is 2.42. The van der Waals surface area contributed by atoms with E-state index in [9.17, 15) is 20.1 Å². The summed E-state index contributed by atoms with van der Waals surface area (Å²) in [6.45, 7) is 6.25. The second kappa shape index (κ2) is 9.08. The number of allylic oxidation sites excluding steroid dienone is 4. The van der Waals surface area contributed by atoms with Gasteiger partial charge in [0.2, 0.25) is 0 Å². The predicted molar refractivity (Wildman–Crippen MR) is 116 cm³/mol. The first-order valence-corrected chi connectivity index (χ1v) is 10.1. The van der Waals surface area contributed by atoms with Crippen molar-refractivity contribution in [2.24, 2.45) is 0 Å². The van der Waals surface area contributed by atoms with Gasteiger partial charge in [-0.25, -0.2) is 0 Å². The highest BCUT2D eigenvalue weighted by Gasteiger charge is 2.31. The number of rotatable bonds is 6. The van der Waals surface area contributed by atoms with Crippen molar-refractivity contribution in [2.75, 3.05) is 0 Å². The highest BCUT2D eigenvalue weighted by atomic mass is 16.5. The third-order valence-corrected chi connectivity index (χ3v) is 5.22. The van der Waals surface area contributed by atoms with Crippen LogP contribution >= 0.6 is 0 Å².